The summed E-state index contributed by atoms with van der Waals surface area (Å²) < 4.78 is 73.3. The van der Waals surface area contributed by atoms with E-state index in [0.29, 0.717) is 21.9 Å². The van der Waals surface area contributed by atoms with Gasteiger partial charge in [-0.05, 0) is 41.5 Å². The van der Waals surface area contributed by atoms with E-state index >= 15 is 0 Å². The van der Waals surface area contributed by atoms with Gasteiger partial charge >= 0.3 is 9.33 Å². The van der Waals surface area contributed by atoms with Crippen LogP contribution < -0.4 is 5.14 Å². The number of primary sulfonamides is 1. The summed E-state index contributed by atoms with van der Waals surface area (Å²) in [5, 5.41) is 35.8. The predicted molar refractivity (Wildman–Crippen MR) is 150 cm³/mol. The number of nitro benzene ring substituents is 1. The summed E-state index contributed by atoms with van der Waals surface area (Å²) >= 11 is 0. The van der Waals surface area contributed by atoms with Crippen LogP contribution in [0.25, 0.3) is 21.9 Å². The lowest BCUT2D eigenvalue weighted by Crippen LogP contribution is -2.11. The number of fused-ring (bicyclic) bond motifs is 1. The third kappa shape index (κ3) is 8.26. The van der Waals surface area contributed by atoms with E-state index in [2.05, 4.69) is 20.9 Å². The zero-order valence-corrected chi connectivity index (χ0v) is 23.8. The molecule has 14 nitrogen and oxygen atoms in total. The first-order chi connectivity index (χ1) is 18.9. The molecule has 4 rings (SSSR count). The Morgan fingerprint density at radius 1 is 0.878 bits per heavy atom. The van der Waals surface area contributed by atoms with Gasteiger partial charge in [-0.25, -0.2) is 22.0 Å². The van der Waals surface area contributed by atoms with Crippen molar-refractivity contribution in [3.63, 3.8) is 0 Å². The number of nitrogens with two attached hydrogens (primary N) is 1. The summed E-state index contributed by atoms with van der Waals surface area (Å²) in [6.45, 7) is 0. The number of non-ortho nitro benzene ring substituents is 1. The number of nitrogens with zero attached hydrogens (tertiary/aromatic N) is 3. The smallest absolute Gasteiger partial charge is 0.353 e. The van der Waals surface area contributed by atoms with Crippen molar-refractivity contribution >= 4 is 67.7 Å². The second kappa shape index (κ2) is 11.9. The highest BCUT2D eigenvalue weighted by molar-refractivity contribution is 8.09. The van der Waals surface area contributed by atoms with E-state index in [4.69, 9.17) is 18.1 Å². The molecule has 4 aromatic carbocycles. The fraction of sp³-hybridized carbons (Fsp3) is 0.0435. The third-order valence-electron chi connectivity index (χ3n) is 5.29. The number of halogens is 1. The lowest BCUT2D eigenvalue weighted by Gasteiger charge is -2.11. The number of sulfone groups is 1. The second-order valence-corrected chi connectivity index (χ2v) is 13.7. The van der Waals surface area contributed by atoms with Crippen LogP contribution in [0.5, 0.6) is 5.75 Å². The van der Waals surface area contributed by atoms with Crippen LogP contribution >= 0.6 is 10.7 Å². The Kier molecular flexibility index (Phi) is 9.11. The van der Waals surface area contributed by atoms with Crippen LogP contribution in [0.15, 0.2) is 92.8 Å². The van der Waals surface area contributed by atoms with E-state index in [-0.39, 0.29) is 26.9 Å². The van der Waals surface area contributed by atoms with Crippen LogP contribution in [-0.4, -0.2) is 46.1 Å². The van der Waals surface area contributed by atoms with E-state index in [0.717, 1.165) is 18.4 Å². The normalized spacial score (nSPS) is 12.2. The summed E-state index contributed by atoms with van der Waals surface area (Å²) in [6, 6.07) is 16.9. The second-order valence-electron chi connectivity index (χ2n) is 8.20. The molecule has 0 radical (unpaired) electrons. The molecule has 0 aromatic heterocycles. The highest BCUT2D eigenvalue weighted by Gasteiger charge is 2.19. The summed E-state index contributed by atoms with van der Waals surface area (Å²) in [4.78, 5) is 9.90. The van der Waals surface area contributed by atoms with Crippen LogP contribution in [-0.2, 0) is 29.2 Å². The fourth-order valence-corrected chi connectivity index (χ4v) is 5.02. The van der Waals surface area contributed by atoms with Gasteiger partial charge in [0.1, 0.15) is 16.3 Å². The van der Waals surface area contributed by atoms with Crippen LogP contribution in [0.1, 0.15) is 0 Å². The van der Waals surface area contributed by atoms with Crippen molar-refractivity contribution < 1.29 is 39.8 Å². The summed E-state index contributed by atoms with van der Waals surface area (Å²) in [5.41, 5.74) is 0.688. The molecule has 0 saturated carbocycles. The van der Waals surface area contributed by atoms with Crippen molar-refractivity contribution in [1.82, 2.24) is 0 Å². The summed E-state index contributed by atoms with van der Waals surface area (Å²) in [5.74, 6) is -0.0689. The average molecular weight is 643 g/mol. The zero-order valence-electron chi connectivity index (χ0n) is 20.6. The number of aromatic hydroxyl groups is 1. The molecule has 18 heteroatoms. The lowest BCUT2D eigenvalue weighted by molar-refractivity contribution is -0.385. The van der Waals surface area contributed by atoms with Gasteiger partial charge in [0.05, 0.1) is 15.5 Å². The number of benzene rings is 4. The van der Waals surface area contributed by atoms with Gasteiger partial charge < -0.3 is 5.11 Å². The third-order valence-corrected chi connectivity index (χ3v) is 7.33. The molecule has 0 atom stereocenters. The van der Waals surface area contributed by atoms with Crippen LogP contribution in [0.4, 0.5) is 17.1 Å². The maximum absolute atomic E-state index is 12.2. The molecule has 0 amide bonds. The predicted octanol–water partition coefficient (Wildman–Crippen LogP) is 4.61. The van der Waals surface area contributed by atoms with Crippen molar-refractivity contribution in [2.24, 2.45) is 15.4 Å². The van der Waals surface area contributed by atoms with Gasteiger partial charge in [0.25, 0.3) is 5.69 Å². The first kappa shape index (κ1) is 31.5. The van der Waals surface area contributed by atoms with Gasteiger partial charge in [0.15, 0.2) is 9.84 Å². The Bertz CT molecular complexity index is 2020. The highest BCUT2D eigenvalue weighted by atomic mass is 35.7. The number of phenolic OH excluding ortho intramolecular Hbond substituents is 1. The lowest BCUT2D eigenvalue weighted by atomic mass is 9.96. The van der Waals surface area contributed by atoms with Gasteiger partial charge in [-0.1, -0.05) is 30.3 Å². The van der Waals surface area contributed by atoms with E-state index in [1.165, 1.54) is 36.4 Å². The number of hydrogen-bond donors (Lipinski definition) is 3. The number of sulfonamides is 1. The molecule has 0 unspecified atom stereocenters. The largest absolute Gasteiger partial charge is 0.507 e. The Morgan fingerprint density at radius 2 is 1.46 bits per heavy atom. The molecule has 0 aliphatic rings. The molecule has 0 aliphatic heterocycles. The molecular weight excluding hydrogens is 624 g/mol. The van der Waals surface area contributed by atoms with E-state index in [1.807, 2.05) is 0 Å². The molecule has 0 spiro atoms. The Balaban J connectivity index is 0.000000850. The SMILES string of the molecule is CS(=O)(=O)c1cc([N+](=O)[O-])ccc1N=Nc1ccc(O)c2cccc(-c3cccc(S(N)(=O)=O)c3)c12.O=S(=O)(O)Cl. The van der Waals surface area contributed by atoms with Gasteiger partial charge in [-0.3, -0.25) is 14.7 Å². The minimum absolute atomic E-state index is 0.0689. The van der Waals surface area contributed by atoms with Crippen molar-refractivity contribution in [2.45, 2.75) is 9.79 Å². The highest BCUT2D eigenvalue weighted by Crippen LogP contribution is 2.41. The number of nitro groups is 1. The quantitative estimate of drug-likeness (QED) is 0.0867. The van der Waals surface area contributed by atoms with Gasteiger partial charge in [-0.2, -0.15) is 8.42 Å². The molecule has 4 aromatic rings. The average Bonchev–Trinajstić information content (AvgIpc) is 2.86. The van der Waals surface area contributed by atoms with Gasteiger partial charge in [0, 0.05) is 39.8 Å². The molecule has 41 heavy (non-hydrogen) atoms. The maximum Gasteiger partial charge on any atom is 0.353 e. The Hall–Kier alpha value is -4.00. The molecule has 0 bridgehead atoms. The minimum Gasteiger partial charge on any atom is -0.507 e. The monoisotopic (exact) mass is 642 g/mol. The first-order valence-electron chi connectivity index (χ1n) is 10.8. The molecular formula is C23H19ClN4O10S3. The van der Waals surface area contributed by atoms with E-state index in [1.54, 1.807) is 24.3 Å². The standard InChI is InChI=1S/C23H18N4O7S2.ClHO3S/c1-35(31,32)22-13-15(27(29)30)8-9-19(22)25-26-20-10-11-21(28)18-7-3-6-17(23(18)20)14-4-2-5-16(12-14)36(24,33)34;1-5(2,3)4/h2-13,28H,1H3,(H2,24,33,34);(H,2,3,4). The fourth-order valence-electron chi connectivity index (χ4n) is 3.64. The molecule has 0 fully saturated rings. The molecule has 0 aliphatic carbocycles. The van der Waals surface area contributed by atoms with Gasteiger partial charge in [-0.15, -0.1) is 10.2 Å². The van der Waals surface area contributed by atoms with Crippen molar-refractivity contribution in [2.75, 3.05) is 6.26 Å². The van der Waals surface area contributed by atoms with Crippen LogP contribution in [0, 0.1) is 10.1 Å². The number of phenols is 1. The van der Waals surface area contributed by atoms with Crippen LogP contribution in [0.2, 0.25) is 0 Å². The number of rotatable bonds is 6. The van der Waals surface area contributed by atoms with Crippen molar-refractivity contribution in [3.8, 4) is 16.9 Å². The van der Waals surface area contributed by atoms with E-state index in [9.17, 15) is 32.1 Å². The zero-order chi connectivity index (χ0) is 30.8. The topological polar surface area (TPSA) is 237 Å². The molecule has 0 heterocycles. The Morgan fingerprint density at radius 3 is 2.05 bits per heavy atom. The molecule has 216 valence electrons. The minimum atomic E-state index is -4.19. The molecule has 0 saturated heterocycles. The maximum atomic E-state index is 12.2. The number of hydrogen-bond acceptors (Lipinski definition) is 11. The number of azo groups is 1. The van der Waals surface area contributed by atoms with Gasteiger partial charge in [0.2, 0.25) is 10.0 Å². The van der Waals surface area contributed by atoms with E-state index < -0.39 is 39.8 Å². The van der Waals surface area contributed by atoms with Crippen molar-refractivity contribution in [1.29, 1.82) is 0 Å². The molecule has 4 N–H and O–H groups in total. The van der Waals surface area contributed by atoms with Crippen molar-refractivity contribution in [3.05, 3.63) is 82.9 Å². The first-order valence-corrected chi connectivity index (χ1v) is 16.5. The summed E-state index contributed by atoms with van der Waals surface area (Å²) in [6.07, 6.45) is 0.900. The van der Waals surface area contributed by atoms with Crippen LogP contribution in [0.3, 0.4) is 0 Å². The summed E-state index contributed by atoms with van der Waals surface area (Å²) in [7, 11) is -7.99. The Labute approximate surface area is 238 Å².